The van der Waals surface area contributed by atoms with E-state index in [9.17, 15) is 8.42 Å². The number of halogens is 1. The van der Waals surface area contributed by atoms with E-state index in [-0.39, 0.29) is 24.0 Å². The Bertz CT molecular complexity index is 1060. The van der Waals surface area contributed by atoms with Gasteiger partial charge in [-0.2, -0.15) is 0 Å². The van der Waals surface area contributed by atoms with Crippen LogP contribution >= 0.6 is 24.0 Å². The van der Waals surface area contributed by atoms with Crippen LogP contribution in [-0.2, 0) is 22.8 Å². The molecule has 7 nitrogen and oxygen atoms in total. The number of nitrogens with zero attached hydrogens (tertiary/aromatic N) is 2. The van der Waals surface area contributed by atoms with Crippen LogP contribution in [0.3, 0.4) is 0 Å². The van der Waals surface area contributed by atoms with Crippen molar-refractivity contribution >= 4 is 39.8 Å². The van der Waals surface area contributed by atoms with E-state index in [1.165, 1.54) is 6.26 Å². The summed E-state index contributed by atoms with van der Waals surface area (Å²) in [4.78, 5) is 12.3. The maximum absolute atomic E-state index is 11.5. The monoisotopic (exact) mass is 539 g/mol. The van der Waals surface area contributed by atoms with Crippen LogP contribution in [0.2, 0.25) is 0 Å². The number of guanidine groups is 1. The summed E-state index contributed by atoms with van der Waals surface area (Å²) in [5.41, 5.74) is 3.12. The lowest BCUT2D eigenvalue weighted by molar-refractivity contribution is 0.602. The highest BCUT2D eigenvalue weighted by Crippen LogP contribution is 2.15. The fraction of sp³-hybridized carbons (Fsp3) is 0.238. The average Bonchev–Trinajstić information content (AvgIpc) is 3.20. The highest BCUT2D eigenvalue weighted by atomic mass is 127. The first kappa shape index (κ1) is 23.9. The number of benzene rings is 2. The van der Waals surface area contributed by atoms with Gasteiger partial charge in [-0.25, -0.2) is 13.4 Å². The van der Waals surface area contributed by atoms with Crippen molar-refractivity contribution in [3.05, 3.63) is 72.2 Å². The van der Waals surface area contributed by atoms with Crippen LogP contribution in [0.1, 0.15) is 11.4 Å². The number of aromatic amines is 1. The van der Waals surface area contributed by atoms with Crippen molar-refractivity contribution in [2.45, 2.75) is 17.9 Å². The molecule has 3 aromatic rings. The number of H-pyrrole nitrogens is 1. The standard InChI is InChI=1S/C21H25N5O2S.HI/c1-22-21(23-13-12-16-8-10-18(11-9-16)29(2,27)28)25-15-20-24-14-19(26-20)17-6-4-3-5-7-17;/h3-11,14H,12-13,15H2,1-2H3,(H,24,26)(H2,22,23,25);1H. The summed E-state index contributed by atoms with van der Waals surface area (Å²) in [7, 11) is -1.44. The van der Waals surface area contributed by atoms with Crippen molar-refractivity contribution in [3.63, 3.8) is 0 Å². The van der Waals surface area contributed by atoms with Crippen molar-refractivity contribution in [1.29, 1.82) is 0 Å². The lowest BCUT2D eigenvalue weighted by Crippen LogP contribution is -2.38. The molecule has 3 rings (SSSR count). The molecule has 30 heavy (non-hydrogen) atoms. The number of hydrogen-bond acceptors (Lipinski definition) is 4. The first-order chi connectivity index (χ1) is 14.0. The molecule has 0 aliphatic heterocycles. The maximum atomic E-state index is 11.5. The molecule has 0 saturated heterocycles. The van der Waals surface area contributed by atoms with Gasteiger partial charge in [-0.1, -0.05) is 42.5 Å². The Kier molecular flexibility index (Phi) is 8.85. The largest absolute Gasteiger partial charge is 0.356 e. The maximum Gasteiger partial charge on any atom is 0.191 e. The number of aromatic nitrogens is 2. The summed E-state index contributed by atoms with van der Waals surface area (Å²) < 4.78 is 23.0. The second-order valence-electron chi connectivity index (χ2n) is 6.63. The highest BCUT2D eigenvalue weighted by molar-refractivity contribution is 14.0. The van der Waals surface area contributed by atoms with Crippen molar-refractivity contribution in [3.8, 4) is 11.3 Å². The minimum Gasteiger partial charge on any atom is -0.356 e. The van der Waals surface area contributed by atoms with Crippen LogP contribution in [0.15, 0.2) is 70.7 Å². The van der Waals surface area contributed by atoms with Gasteiger partial charge in [0.25, 0.3) is 0 Å². The molecule has 0 unspecified atom stereocenters. The van der Waals surface area contributed by atoms with Gasteiger partial charge in [-0.3, -0.25) is 4.99 Å². The fourth-order valence-corrected chi connectivity index (χ4v) is 3.46. The third-order valence-corrected chi connectivity index (χ3v) is 5.55. The molecule has 160 valence electrons. The van der Waals surface area contributed by atoms with Crippen LogP contribution in [0.5, 0.6) is 0 Å². The summed E-state index contributed by atoms with van der Waals surface area (Å²) in [6, 6.07) is 17.0. The van der Waals surface area contributed by atoms with E-state index in [0.29, 0.717) is 23.9 Å². The van der Waals surface area contributed by atoms with E-state index in [2.05, 4.69) is 25.6 Å². The zero-order chi connectivity index (χ0) is 20.7. The molecule has 0 atom stereocenters. The van der Waals surface area contributed by atoms with Gasteiger partial charge in [0.05, 0.1) is 23.3 Å². The Morgan fingerprint density at radius 1 is 1.07 bits per heavy atom. The lowest BCUT2D eigenvalue weighted by atomic mass is 10.1. The van der Waals surface area contributed by atoms with Gasteiger partial charge in [0, 0.05) is 19.8 Å². The molecule has 0 aliphatic rings. The van der Waals surface area contributed by atoms with E-state index >= 15 is 0 Å². The molecule has 0 radical (unpaired) electrons. The smallest absolute Gasteiger partial charge is 0.191 e. The number of imidazole rings is 1. The van der Waals surface area contributed by atoms with Gasteiger partial charge in [0.1, 0.15) is 5.82 Å². The van der Waals surface area contributed by atoms with Gasteiger partial charge >= 0.3 is 0 Å². The molecule has 2 aromatic carbocycles. The third-order valence-electron chi connectivity index (χ3n) is 4.42. The molecule has 0 amide bonds. The van der Waals surface area contributed by atoms with E-state index in [0.717, 1.165) is 29.1 Å². The van der Waals surface area contributed by atoms with E-state index < -0.39 is 9.84 Å². The molecule has 1 aromatic heterocycles. The summed E-state index contributed by atoms with van der Waals surface area (Å²) in [5.74, 6) is 1.50. The Hall–Kier alpha value is -2.40. The topological polar surface area (TPSA) is 99.2 Å². The molecule has 0 saturated carbocycles. The summed E-state index contributed by atoms with van der Waals surface area (Å²) in [5, 5.41) is 6.48. The van der Waals surface area contributed by atoms with E-state index in [4.69, 9.17) is 0 Å². The Labute approximate surface area is 194 Å². The minimum atomic E-state index is -3.16. The Balaban J connectivity index is 0.00000320. The first-order valence-corrected chi connectivity index (χ1v) is 11.2. The van der Waals surface area contributed by atoms with Crippen molar-refractivity contribution in [1.82, 2.24) is 20.6 Å². The van der Waals surface area contributed by atoms with Crippen molar-refractivity contribution in [2.24, 2.45) is 4.99 Å². The van der Waals surface area contributed by atoms with Gasteiger partial charge in [0.2, 0.25) is 0 Å². The summed E-state index contributed by atoms with van der Waals surface area (Å²) >= 11 is 0. The molecule has 0 aliphatic carbocycles. The molecular formula is C21H26IN5O2S. The number of nitrogens with one attached hydrogen (secondary N) is 3. The second kappa shape index (κ2) is 11.1. The molecular weight excluding hydrogens is 513 g/mol. The lowest BCUT2D eigenvalue weighted by Gasteiger charge is -2.11. The van der Waals surface area contributed by atoms with E-state index in [1.54, 1.807) is 19.2 Å². The number of sulfone groups is 1. The summed E-state index contributed by atoms with van der Waals surface area (Å²) in [6.07, 6.45) is 3.79. The molecule has 3 N–H and O–H groups in total. The van der Waals surface area contributed by atoms with E-state index in [1.807, 2.05) is 48.7 Å². The Morgan fingerprint density at radius 3 is 2.40 bits per heavy atom. The zero-order valence-corrected chi connectivity index (χ0v) is 20.1. The first-order valence-electron chi connectivity index (χ1n) is 9.28. The van der Waals surface area contributed by atoms with Gasteiger partial charge in [-0.05, 0) is 29.7 Å². The van der Waals surface area contributed by atoms with Crippen LogP contribution in [0, 0.1) is 0 Å². The van der Waals surface area contributed by atoms with Crippen LogP contribution in [-0.4, -0.2) is 44.2 Å². The van der Waals surface area contributed by atoms with Gasteiger partial charge in [0.15, 0.2) is 15.8 Å². The SMILES string of the molecule is CN=C(NCCc1ccc(S(C)(=O)=O)cc1)NCc1ncc(-c2ccccc2)[nH]1.I. The number of hydrogen-bond donors (Lipinski definition) is 3. The van der Waals surface area contributed by atoms with Crippen molar-refractivity contribution < 1.29 is 8.42 Å². The normalized spacial score (nSPS) is 11.6. The predicted molar refractivity (Wildman–Crippen MR) is 131 cm³/mol. The summed E-state index contributed by atoms with van der Waals surface area (Å²) in [6.45, 7) is 1.20. The van der Waals surface area contributed by atoms with Crippen LogP contribution in [0.25, 0.3) is 11.3 Å². The Morgan fingerprint density at radius 2 is 1.77 bits per heavy atom. The quantitative estimate of drug-likeness (QED) is 0.244. The molecule has 1 heterocycles. The highest BCUT2D eigenvalue weighted by Gasteiger charge is 2.07. The second-order valence-corrected chi connectivity index (χ2v) is 8.64. The molecule has 0 bridgehead atoms. The number of rotatable bonds is 7. The van der Waals surface area contributed by atoms with Crippen molar-refractivity contribution in [2.75, 3.05) is 19.8 Å². The van der Waals surface area contributed by atoms with Crippen LogP contribution in [0.4, 0.5) is 0 Å². The molecule has 0 spiro atoms. The number of aliphatic imine (C=N–C) groups is 1. The van der Waals surface area contributed by atoms with Gasteiger partial charge in [-0.15, -0.1) is 24.0 Å². The third kappa shape index (κ3) is 6.84. The molecule has 9 heteroatoms. The van der Waals surface area contributed by atoms with Gasteiger partial charge < -0.3 is 15.6 Å². The predicted octanol–water partition coefficient (Wildman–Crippen LogP) is 3.01. The van der Waals surface area contributed by atoms with Crippen LogP contribution < -0.4 is 10.6 Å². The minimum absolute atomic E-state index is 0. The molecule has 0 fully saturated rings. The average molecular weight is 539 g/mol. The zero-order valence-electron chi connectivity index (χ0n) is 16.9. The fourth-order valence-electron chi connectivity index (χ4n) is 2.83.